The summed E-state index contributed by atoms with van der Waals surface area (Å²) in [5, 5.41) is 7.45. The number of aromatic nitrogens is 4. The van der Waals surface area contributed by atoms with Gasteiger partial charge < -0.3 is 14.4 Å². The summed E-state index contributed by atoms with van der Waals surface area (Å²) in [4.78, 5) is 20.6. The molecule has 0 aliphatic carbocycles. The van der Waals surface area contributed by atoms with Gasteiger partial charge in [-0.25, -0.2) is 9.97 Å². The Hall–Kier alpha value is -3.48. The van der Waals surface area contributed by atoms with Gasteiger partial charge in [-0.3, -0.25) is 4.79 Å². The molecule has 7 heteroatoms. The van der Waals surface area contributed by atoms with Gasteiger partial charge in [0.1, 0.15) is 0 Å². The number of pyridine rings is 1. The molecule has 0 bridgehead atoms. The first-order valence-electron chi connectivity index (χ1n) is 7.32. The van der Waals surface area contributed by atoms with Crippen LogP contribution in [0, 0.1) is 6.92 Å². The Morgan fingerprint density at radius 3 is 3.04 bits per heavy atom. The van der Waals surface area contributed by atoms with E-state index in [-0.39, 0.29) is 5.91 Å². The molecule has 0 atom stereocenters. The molecule has 0 radical (unpaired) electrons. The zero-order chi connectivity index (χ0) is 16.5. The fourth-order valence-electron chi connectivity index (χ4n) is 2.43. The van der Waals surface area contributed by atoms with Crippen molar-refractivity contribution in [2.24, 2.45) is 0 Å². The standard InChI is InChI=1S/C17H13N5O2/c1-11-15-7-12(9-19-17(15)24-21-11)16(23)20-13-3-2-4-14(8-13)22-6-5-18-10-22/h2-10H,1H3,(H,20,23). The van der Waals surface area contributed by atoms with Gasteiger partial charge in [-0.15, -0.1) is 0 Å². The van der Waals surface area contributed by atoms with Crippen molar-refractivity contribution in [2.45, 2.75) is 6.92 Å². The molecule has 1 amide bonds. The van der Waals surface area contributed by atoms with E-state index in [4.69, 9.17) is 4.52 Å². The fraction of sp³-hybridized carbons (Fsp3) is 0.0588. The summed E-state index contributed by atoms with van der Waals surface area (Å²) in [6, 6.07) is 9.23. The summed E-state index contributed by atoms with van der Waals surface area (Å²) in [7, 11) is 0. The molecule has 1 N–H and O–H groups in total. The average Bonchev–Trinajstić information content (AvgIpc) is 3.25. The molecular formula is C17H13N5O2. The summed E-state index contributed by atoms with van der Waals surface area (Å²) in [5.74, 6) is -0.243. The maximum absolute atomic E-state index is 12.5. The van der Waals surface area contributed by atoms with Gasteiger partial charge in [-0.2, -0.15) is 0 Å². The van der Waals surface area contributed by atoms with Crippen LogP contribution in [0.25, 0.3) is 16.8 Å². The molecule has 7 nitrogen and oxygen atoms in total. The number of hydrogen-bond acceptors (Lipinski definition) is 5. The van der Waals surface area contributed by atoms with Crippen LogP contribution in [0.5, 0.6) is 0 Å². The van der Waals surface area contributed by atoms with E-state index in [1.165, 1.54) is 6.20 Å². The lowest BCUT2D eigenvalue weighted by Gasteiger charge is -2.08. The van der Waals surface area contributed by atoms with Crippen LogP contribution in [-0.2, 0) is 0 Å². The number of carbonyl (C=O) groups is 1. The number of nitrogens with zero attached hydrogens (tertiary/aromatic N) is 4. The fourth-order valence-corrected chi connectivity index (χ4v) is 2.43. The van der Waals surface area contributed by atoms with Crippen molar-refractivity contribution in [3.05, 3.63) is 66.5 Å². The second kappa shape index (κ2) is 5.62. The Kier molecular flexibility index (Phi) is 3.31. The van der Waals surface area contributed by atoms with E-state index in [9.17, 15) is 4.79 Å². The van der Waals surface area contributed by atoms with Gasteiger partial charge in [-0.05, 0) is 31.2 Å². The smallest absolute Gasteiger partial charge is 0.257 e. The highest BCUT2D eigenvalue weighted by atomic mass is 16.5. The van der Waals surface area contributed by atoms with Crippen molar-refractivity contribution >= 4 is 22.7 Å². The molecule has 0 aliphatic heterocycles. The van der Waals surface area contributed by atoms with E-state index in [1.54, 1.807) is 18.6 Å². The van der Waals surface area contributed by atoms with Gasteiger partial charge in [0.2, 0.25) is 0 Å². The molecule has 118 valence electrons. The van der Waals surface area contributed by atoms with Crippen LogP contribution >= 0.6 is 0 Å². The molecule has 0 aliphatic rings. The predicted molar refractivity (Wildman–Crippen MR) is 88.1 cm³/mol. The summed E-state index contributed by atoms with van der Waals surface area (Å²) >= 11 is 0. The van der Waals surface area contributed by atoms with Crippen LogP contribution in [0.15, 0.2) is 59.8 Å². The Balaban J connectivity index is 1.61. The molecule has 3 aromatic heterocycles. The SMILES string of the molecule is Cc1noc2ncc(C(=O)Nc3cccc(-n4ccnc4)c3)cc12. The summed E-state index contributed by atoms with van der Waals surface area (Å²) in [5.41, 5.74) is 3.17. The van der Waals surface area contributed by atoms with E-state index in [1.807, 2.05) is 42.0 Å². The third-order valence-corrected chi connectivity index (χ3v) is 3.68. The third-order valence-electron chi connectivity index (χ3n) is 3.68. The minimum Gasteiger partial charge on any atom is -0.336 e. The maximum atomic E-state index is 12.5. The number of benzene rings is 1. The highest BCUT2D eigenvalue weighted by molar-refractivity contribution is 6.05. The number of aryl methyl sites for hydroxylation is 1. The Morgan fingerprint density at radius 2 is 2.21 bits per heavy atom. The van der Waals surface area contributed by atoms with Crippen LogP contribution in [0.1, 0.15) is 16.1 Å². The van der Waals surface area contributed by atoms with Crippen LogP contribution in [-0.4, -0.2) is 25.6 Å². The highest BCUT2D eigenvalue weighted by Gasteiger charge is 2.12. The molecule has 0 fully saturated rings. The lowest BCUT2D eigenvalue weighted by molar-refractivity contribution is 0.102. The summed E-state index contributed by atoms with van der Waals surface area (Å²) in [6.45, 7) is 1.81. The van der Waals surface area contributed by atoms with Crippen molar-refractivity contribution in [1.82, 2.24) is 19.7 Å². The van der Waals surface area contributed by atoms with Crippen molar-refractivity contribution in [2.75, 3.05) is 5.32 Å². The second-order valence-electron chi connectivity index (χ2n) is 5.32. The first-order valence-corrected chi connectivity index (χ1v) is 7.32. The van der Waals surface area contributed by atoms with E-state index in [0.29, 0.717) is 22.7 Å². The van der Waals surface area contributed by atoms with Gasteiger partial charge in [0.15, 0.2) is 0 Å². The minimum atomic E-state index is -0.243. The molecule has 24 heavy (non-hydrogen) atoms. The zero-order valence-electron chi connectivity index (χ0n) is 12.8. The van der Waals surface area contributed by atoms with E-state index < -0.39 is 0 Å². The van der Waals surface area contributed by atoms with E-state index in [0.717, 1.165) is 11.1 Å². The van der Waals surface area contributed by atoms with Gasteiger partial charge >= 0.3 is 0 Å². The van der Waals surface area contributed by atoms with Crippen molar-refractivity contribution < 1.29 is 9.32 Å². The van der Waals surface area contributed by atoms with Crippen LogP contribution in [0.2, 0.25) is 0 Å². The molecule has 4 rings (SSSR count). The maximum Gasteiger partial charge on any atom is 0.257 e. The number of nitrogens with one attached hydrogen (secondary N) is 1. The number of imidazole rings is 1. The lowest BCUT2D eigenvalue weighted by atomic mass is 10.2. The number of amides is 1. The molecule has 1 aromatic carbocycles. The van der Waals surface area contributed by atoms with Gasteiger partial charge in [0.05, 0.1) is 23.0 Å². The lowest BCUT2D eigenvalue weighted by Crippen LogP contribution is -2.12. The summed E-state index contributed by atoms with van der Waals surface area (Å²) < 4.78 is 6.92. The zero-order valence-corrected chi connectivity index (χ0v) is 12.8. The highest BCUT2D eigenvalue weighted by Crippen LogP contribution is 2.19. The quantitative estimate of drug-likeness (QED) is 0.627. The Morgan fingerprint density at radius 1 is 1.29 bits per heavy atom. The number of anilines is 1. The largest absolute Gasteiger partial charge is 0.336 e. The van der Waals surface area contributed by atoms with Crippen molar-refractivity contribution in [3.63, 3.8) is 0 Å². The van der Waals surface area contributed by atoms with Crippen LogP contribution in [0.3, 0.4) is 0 Å². The van der Waals surface area contributed by atoms with Crippen molar-refractivity contribution in [3.8, 4) is 5.69 Å². The molecular weight excluding hydrogens is 306 g/mol. The Labute approximate surface area is 136 Å². The molecule has 0 unspecified atom stereocenters. The topological polar surface area (TPSA) is 85.8 Å². The van der Waals surface area contributed by atoms with Gasteiger partial charge in [-0.1, -0.05) is 11.2 Å². The molecule has 0 spiro atoms. The van der Waals surface area contributed by atoms with E-state index in [2.05, 4.69) is 20.4 Å². The van der Waals surface area contributed by atoms with Gasteiger partial charge in [0.25, 0.3) is 11.6 Å². The number of fused-ring (bicyclic) bond motifs is 1. The molecule has 0 saturated carbocycles. The van der Waals surface area contributed by atoms with Crippen LogP contribution in [0.4, 0.5) is 5.69 Å². The van der Waals surface area contributed by atoms with Crippen LogP contribution < -0.4 is 5.32 Å². The number of carbonyl (C=O) groups excluding carboxylic acids is 1. The first kappa shape index (κ1) is 14.1. The Bertz CT molecular complexity index is 1020. The second-order valence-corrected chi connectivity index (χ2v) is 5.32. The normalized spacial score (nSPS) is 10.9. The summed E-state index contributed by atoms with van der Waals surface area (Å²) in [6.07, 6.45) is 6.72. The number of rotatable bonds is 3. The first-order chi connectivity index (χ1) is 11.7. The molecule has 3 heterocycles. The van der Waals surface area contributed by atoms with E-state index >= 15 is 0 Å². The molecule has 4 aromatic rings. The average molecular weight is 319 g/mol. The predicted octanol–water partition coefficient (Wildman–Crippen LogP) is 2.97. The minimum absolute atomic E-state index is 0.243. The van der Waals surface area contributed by atoms with Crippen molar-refractivity contribution in [1.29, 1.82) is 0 Å². The monoisotopic (exact) mass is 319 g/mol. The third kappa shape index (κ3) is 2.52. The molecule has 0 saturated heterocycles. The van der Waals surface area contributed by atoms with Gasteiger partial charge in [0, 0.05) is 30.0 Å². The number of hydrogen-bond donors (Lipinski definition) is 1.